The van der Waals surface area contributed by atoms with E-state index in [0.29, 0.717) is 0 Å². The van der Waals surface area contributed by atoms with E-state index in [1.807, 2.05) is 54.7 Å². The molecule has 3 rings (SSSR count). The molecule has 0 spiro atoms. The standard InChI is InChI=1S/C15H12ClNO/c16-12-5-7-13(8-6-12)17-9-11(10-18)14-3-1-2-4-15(14)17/h1-9,18H,10H2. The molecule has 3 aromatic rings. The number of aliphatic hydroxyl groups excluding tert-OH is 1. The summed E-state index contributed by atoms with van der Waals surface area (Å²) in [4.78, 5) is 0. The first-order valence-corrected chi connectivity index (χ1v) is 6.13. The van der Waals surface area contributed by atoms with Crippen molar-refractivity contribution in [1.82, 2.24) is 4.57 Å². The number of hydrogen-bond acceptors (Lipinski definition) is 1. The second kappa shape index (κ2) is 4.48. The third-order valence-corrected chi connectivity index (χ3v) is 3.32. The van der Waals surface area contributed by atoms with Gasteiger partial charge in [0.25, 0.3) is 0 Å². The summed E-state index contributed by atoms with van der Waals surface area (Å²) in [7, 11) is 0. The Morgan fingerprint density at radius 3 is 2.44 bits per heavy atom. The predicted molar refractivity (Wildman–Crippen MR) is 74.2 cm³/mol. The Morgan fingerprint density at radius 1 is 1.00 bits per heavy atom. The van der Waals surface area contributed by atoms with Gasteiger partial charge in [-0.2, -0.15) is 0 Å². The van der Waals surface area contributed by atoms with Crippen molar-refractivity contribution < 1.29 is 5.11 Å². The molecule has 1 N–H and O–H groups in total. The van der Waals surface area contributed by atoms with Crippen LogP contribution in [0.15, 0.2) is 54.7 Å². The molecular weight excluding hydrogens is 246 g/mol. The van der Waals surface area contributed by atoms with E-state index >= 15 is 0 Å². The summed E-state index contributed by atoms with van der Waals surface area (Å²) in [5, 5.41) is 11.2. The number of aromatic nitrogens is 1. The number of benzene rings is 2. The average Bonchev–Trinajstić information content (AvgIpc) is 2.79. The van der Waals surface area contributed by atoms with Crippen LogP contribution < -0.4 is 0 Å². The lowest BCUT2D eigenvalue weighted by atomic mass is 10.2. The molecule has 0 atom stereocenters. The van der Waals surface area contributed by atoms with Gasteiger partial charge in [-0.3, -0.25) is 0 Å². The fourth-order valence-corrected chi connectivity index (χ4v) is 2.32. The molecule has 0 fully saturated rings. The number of hydrogen-bond donors (Lipinski definition) is 1. The Labute approximate surface area is 110 Å². The van der Waals surface area contributed by atoms with Crippen molar-refractivity contribution in [3.05, 3.63) is 65.3 Å². The summed E-state index contributed by atoms with van der Waals surface area (Å²) in [5.74, 6) is 0. The first-order chi connectivity index (χ1) is 8.79. The Balaban J connectivity index is 2.26. The maximum atomic E-state index is 9.41. The molecule has 2 nitrogen and oxygen atoms in total. The molecule has 0 bridgehead atoms. The van der Waals surface area contributed by atoms with Crippen molar-refractivity contribution in [2.45, 2.75) is 6.61 Å². The zero-order chi connectivity index (χ0) is 12.5. The smallest absolute Gasteiger partial charge is 0.0702 e. The van der Waals surface area contributed by atoms with Gasteiger partial charge in [0, 0.05) is 27.9 Å². The quantitative estimate of drug-likeness (QED) is 0.743. The van der Waals surface area contributed by atoms with Crippen LogP contribution in [0.3, 0.4) is 0 Å². The molecule has 0 amide bonds. The van der Waals surface area contributed by atoms with Gasteiger partial charge < -0.3 is 9.67 Å². The van der Waals surface area contributed by atoms with E-state index in [1.54, 1.807) is 0 Å². The molecule has 18 heavy (non-hydrogen) atoms. The first kappa shape index (κ1) is 11.3. The van der Waals surface area contributed by atoms with E-state index in [1.165, 1.54) is 0 Å². The monoisotopic (exact) mass is 257 g/mol. The normalized spacial score (nSPS) is 11.0. The topological polar surface area (TPSA) is 25.2 Å². The average molecular weight is 258 g/mol. The van der Waals surface area contributed by atoms with E-state index < -0.39 is 0 Å². The highest BCUT2D eigenvalue weighted by molar-refractivity contribution is 6.30. The van der Waals surface area contributed by atoms with Crippen LogP contribution in [0.2, 0.25) is 5.02 Å². The number of aliphatic hydroxyl groups is 1. The summed E-state index contributed by atoms with van der Waals surface area (Å²) in [6, 6.07) is 15.7. The van der Waals surface area contributed by atoms with E-state index in [0.717, 1.165) is 27.2 Å². The van der Waals surface area contributed by atoms with Gasteiger partial charge in [0.05, 0.1) is 12.1 Å². The largest absolute Gasteiger partial charge is 0.392 e. The molecule has 0 aliphatic heterocycles. The number of para-hydroxylation sites is 1. The number of nitrogens with zero attached hydrogens (tertiary/aromatic N) is 1. The van der Waals surface area contributed by atoms with Gasteiger partial charge in [-0.1, -0.05) is 29.8 Å². The minimum Gasteiger partial charge on any atom is -0.392 e. The van der Waals surface area contributed by atoms with E-state index in [2.05, 4.69) is 4.57 Å². The van der Waals surface area contributed by atoms with E-state index in [4.69, 9.17) is 11.6 Å². The molecule has 2 aromatic carbocycles. The highest BCUT2D eigenvalue weighted by atomic mass is 35.5. The number of halogens is 1. The van der Waals surface area contributed by atoms with Crippen LogP contribution in [0.25, 0.3) is 16.6 Å². The second-order valence-electron chi connectivity index (χ2n) is 4.18. The summed E-state index contributed by atoms with van der Waals surface area (Å²) in [6.45, 7) is 0.0428. The fraction of sp³-hybridized carbons (Fsp3) is 0.0667. The van der Waals surface area contributed by atoms with Crippen LogP contribution in [0.5, 0.6) is 0 Å². The molecule has 1 aromatic heterocycles. The van der Waals surface area contributed by atoms with Gasteiger partial charge in [-0.05, 0) is 30.3 Å². The van der Waals surface area contributed by atoms with Crippen molar-refractivity contribution in [3.8, 4) is 5.69 Å². The summed E-state index contributed by atoms with van der Waals surface area (Å²) >= 11 is 5.90. The zero-order valence-electron chi connectivity index (χ0n) is 9.68. The molecule has 0 saturated carbocycles. The predicted octanol–water partition coefficient (Wildman–Crippen LogP) is 3.78. The van der Waals surface area contributed by atoms with Crippen LogP contribution in [0.1, 0.15) is 5.56 Å². The van der Waals surface area contributed by atoms with Crippen LogP contribution >= 0.6 is 11.6 Å². The summed E-state index contributed by atoms with van der Waals surface area (Å²) in [6.07, 6.45) is 1.97. The van der Waals surface area contributed by atoms with E-state index in [9.17, 15) is 5.11 Å². The van der Waals surface area contributed by atoms with Crippen LogP contribution in [-0.2, 0) is 6.61 Å². The van der Waals surface area contributed by atoms with Gasteiger partial charge in [-0.25, -0.2) is 0 Å². The van der Waals surface area contributed by atoms with Gasteiger partial charge in [-0.15, -0.1) is 0 Å². The van der Waals surface area contributed by atoms with Crippen molar-refractivity contribution in [1.29, 1.82) is 0 Å². The second-order valence-corrected chi connectivity index (χ2v) is 4.61. The van der Waals surface area contributed by atoms with Crippen LogP contribution in [-0.4, -0.2) is 9.67 Å². The fourth-order valence-electron chi connectivity index (χ4n) is 2.19. The van der Waals surface area contributed by atoms with Crippen LogP contribution in [0.4, 0.5) is 0 Å². The lowest BCUT2D eigenvalue weighted by Crippen LogP contribution is -1.90. The Hall–Kier alpha value is -1.77. The molecule has 3 heteroatoms. The number of rotatable bonds is 2. The van der Waals surface area contributed by atoms with Crippen molar-refractivity contribution >= 4 is 22.5 Å². The Kier molecular flexibility index (Phi) is 2.82. The molecular formula is C15H12ClNO. The summed E-state index contributed by atoms with van der Waals surface area (Å²) < 4.78 is 2.07. The van der Waals surface area contributed by atoms with Gasteiger partial charge in [0.1, 0.15) is 0 Å². The molecule has 0 unspecified atom stereocenters. The minimum atomic E-state index is 0.0428. The van der Waals surface area contributed by atoms with Crippen molar-refractivity contribution in [2.24, 2.45) is 0 Å². The highest BCUT2D eigenvalue weighted by Crippen LogP contribution is 2.25. The summed E-state index contributed by atoms with van der Waals surface area (Å²) in [5.41, 5.74) is 3.06. The third-order valence-electron chi connectivity index (χ3n) is 3.07. The van der Waals surface area contributed by atoms with Crippen LogP contribution in [0, 0.1) is 0 Å². The maximum absolute atomic E-state index is 9.41. The lowest BCUT2D eigenvalue weighted by Gasteiger charge is -2.05. The molecule has 90 valence electrons. The first-order valence-electron chi connectivity index (χ1n) is 5.75. The Bertz CT molecular complexity index is 685. The van der Waals surface area contributed by atoms with Crippen molar-refractivity contribution in [2.75, 3.05) is 0 Å². The molecule has 0 aliphatic rings. The Morgan fingerprint density at radius 2 is 1.72 bits per heavy atom. The number of fused-ring (bicyclic) bond motifs is 1. The van der Waals surface area contributed by atoms with Gasteiger partial charge in [0.2, 0.25) is 0 Å². The molecule has 0 saturated heterocycles. The highest BCUT2D eigenvalue weighted by Gasteiger charge is 2.08. The lowest BCUT2D eigenvalue weighted by molar-refractivity contribution is 0.283. The van der Waals surface area contributed by atoms with Gasteiger partial charge >= 0.3 is 0 Å². The maximum Gasteiger partial charge on any atom is 0.0702 e. The van der Waals surface area contributed by atoms with Gasteiger partial charge in [0.15, 0.2) is 0 Å². The SMILES string of the molecule is OCc1cn(-c2ccc(Cl)cc2)c2ccccc12. The zero-order valence-corrected chi connectivity index (χ0v) is 10.4. The minimum absolute atomic E-state index is 0.0428. The molecule has 0 aliphatic carbocycles. The molecule has 0 radical (unpaired) electrons. The third kappa shape index (κ3) is 1.80. The van der Waals surface area contributed by atoms with Crippen molar-refractivity contribution in [3.63, 3.8) is 0 Å². The van der Waals surface area contributed by atoms with E-state index in [-0.39, 0.29) is 6.61 Å². The molecule has 1 heterocycles.